The van der Waals surface area contributed by atoms with Crippen LogP contribution in [0.4, 0.5) is 5.13 Å². The van der Waals surface area contributed by atoms with E-state index in [-0.39, 0.29) is 6.10 Å². The van der Waals surface area contributed by atoms with Crippen LogP contribution in [-0.4, -0.2) is 10.2 Å². The summed E-state index contributed by atoms with van der Waals surface area (Å²) in [6.45, 7) is 4.19. The number of nitrogens with two attached hydrogens (primary N) is 1. The van der Waals surface area contributed by atoms with Gasteiger partial charge in [0.05, 0.1) is 0 Å². The van der Waals surface area contributed by atoms with Crippen molar-refractivity contribution < 1.29 is 4.74 Å². The van der Waals surface area contributed by atoms with E-state index in [2.05, 4.69) is 36.2 Å². The molecule has 2 rings (SSSR count). The van der Waals surface area contributed by atoms with Crippen LogP contribution < -0.4 is 10.5 Å². The van der Waals surface area contributed by atoms with Crippen LogP contribution in [0.2, 0.25) is 0 Å². The van der Waals surface area contributed by atoms with Gasteiger partial charge in [-0.1, -0.05) is 37.3 Å². The predicted octanol–water partition coefficient (Wildman–Crippen LogP) is 3.21. The van der Waals surface area contributed by atoms with Gasteiger partial charge in [-0.25, -0.2) is 0 Å². The largest absolute Gasteiger partial charge is 0.483 e. The molecule has 2 N–H and O–H groups in total. The van der Waals surface area contributed by atoms with Crippen LogP contribution in [0, 0.1) is 0 Å². The van der Waals surface area contributed by atoms with Gasteiger partial charge in [-0.2, -0.15) is 0 Å². The summed E-state index contributed by atoms with van der Waals surface area (Å²) in [5, 5.41) is 9.16. The molecule has 0 fully saturated rings. The fraction of sp³-hybridized carbons (Fsp3) is 0.385. The molecule has 0 aliphatic heterocycles. The normalized spacial score (nSPS) is 12.3. The first-order chi connectivity index (χ1) is 8.72. The van der Waals surface area contributed by atoms with E-state index in [1.54, 1.807) is 0 Å². The molecule has 1 atom stereocenters. The minimum Gasteiger partial charge on any atom is -0.483 e. The molecule has 1 heterocycles. The molecular weight excluding hydrogens is 246 g/mol. The molecule has 4 nitrogen and oxygen atoms in total. The van der Waals surface area contributed by atoms with Crippen molar-refractivity contribution in [3.63, 3.8) is 0 Å². The smallest absolute Gasteiger partial charge is 0.203 e. The van der Waals surface area contributed by atoms with Crippen LogP contribution >= 0.6 is 11.3 Å². The van der Waals surface area contributed by atoms with Crippen molar-refractivity contribution in [1.82, 2.24) is 10.2 Å². The van der Waals surface area contributed by atoms with Gasteiger partial charge in [-0.15, -0.1) is 10.2 Å². The number of hydrogen-bond donors (Lipinski definition) is 1. The van der Waals surface area contributed by atoms with Gasteiger partial charge in [0.25, 0.3) is 0 Å². The van der Waals surface area contributed by atoms with E-state index in [1.165, 1.54) is 16.9 Å². The number of ether oxygens (including phenoxy) is 1. The maximum Gasteiger partial charge on any atom is 0.203 e. The Hall–Kier alpha value is -1.62. The standard InChI is InChI=1S/C13H17N3OS/c1-3-9-5-7-10(8-6-9)17-11(4-2)12-15-16-13(14)18-12/h5-8,11H,3-4H2,1-2H3,(H2,14,16). The molecule has 96 valence electrons. The third kappa shape index (κ3) is 2.98. The van der Waals surface area contributed by atoms with Gasteiger partial charge < -0.3 is 10.5 Å². The van der Waals surface area contributed by atoms with Crippen molar-refractivity contribution in [3.8, 4) is 5.75 Å². The van der Waals surface area contributed by atoms with Crippen LogP contribution in [0.3, 0.4) is 0 Å². The minimum absolute atomic E-state index is 0.0766. The van der Waals surface area contributed by atoms with Gasteiger partial charge in [0.15, 0.2) is 11.1 Å². The molecule has 5 heteroatoms. The molecule has 18 heavy (non-hydrogen) atoms. The first kappa shape index (κ1) is 12.8. The molecule has 0 spiro atoms. The molecule has 0 radical (unpaired) electrons. The third-order valence-electron chi connectivity index (χ3n) is 2.71. The van der Waals surface area contributed by atoms with Gasteiger partial charge in [0, 0.05) is 0 Å². The number of anilines is 1. The third-order valence-corrected chi connectivity index (χ3v) is 3.56. The van der Waals surface area contributed by atoms with E-state index in [4.69, 9.17) is 10.5 Å². The van der Waals surface area contributed by atoms with Gasteiger partial charge >= 0.3 is 0 Å². The van der Waals surface area contributed by atoms with Crippen LogP contribution in [0.5, 0.6) is 5.75 Å². The first-order valence-corrected chi connectivity index (χ1v) is 6.89. The van der Waals surface area contributed by atoms with Crippen molar-refractivity contribution in [1.29, 1.82) is 0 Å². The van der Waals surface area contributed by atoms with Gasteiger partial charge in [0.2, 0.25) is 5.13 Å². The molecule has 1 unspecified atom stereocenters. The highest BCUT2D eigenvalue weighted by molar-refractivity contribution is 7.15. The summed E-state index contributed by atoms with van der Waals surface area (Å²) in [5.74, 6) is 0.854. The number of nitrogen functional groups attached to an aromatic ring is 1. The van der Waals surface area contributed by atoms with Crippen molar-refractivity contribution in [2.75, 3.05) is 5.73 Å². The molecular formula is C13H17N3OS. The second-order valence-electron chi connectivity index (χ2n) is 3.99. The zero-order valence-electron chi connectivity index (χ0n) is 10.6. The lowest BCUT2D eigenvalue weighted by Crippen LogP contribution is -2.06. The monoisotopic (exact) mass is 263 g/mol. The van der Waals surface area contributed by atoms with Gasteiger partial charge in [0.1, 0.15) is 5.75 Å². The molecule has 0 saturated heterocycles. The zero-order chi connectivity index (χ0) is 13.0. The number of benzene rings is 1. The lowest BCUT2D eigenvalue weighted by Gasteiger charge is -2.14. The predicted molar refractivity (Wildman–Crippen MR) is 73.8 cm³/mol. The van der Waals surface area contributed by atoms with Crippen LogP contribution in [-0.2, 0) is 6.42 Å². The second-order valence-corrected chi connectivity index (χ2v) is 5.03. The van der Waals surface area contributed by atoms with E-state index in [9.17, 15) is 0 Å². The van der Waals surface area contributed by atoms with Crippen molar-refractivity contribution in [2.24, 2.45) is 0 Å². The average molecular weight is 263 g/mol. The topological polar surface area (TPSA) is 61.0 Å². The van der Waals surface area contributed by atoms with E-state index in [0.717, 1.165) is 23.6 Å². The summed E-state index contributed by atoms with van der Waals surface area (Å²) < 4.78 is 5.91. The fourth-order valence-electron chi connectivity index (χ4n) is 1.65. The van der Waals surface area contributed by atoms with Gasteiger partial charge in [-0.3, -0.25) is 0 Å². The lowest BCUT2D eigenvalue weighted by molar-refractivity contribution is 0.200. The van der Waals surface area contributed by atoms with Crippen molar-refractivity contribution in [2.45, 2.75) is 32.8 Å². The Morgan fingerprint density at radius 3 is 2.44 bits per heavy atom. The highest BCUT2D eigenvalue weighted by Crippen LogP contribution is 2.27. The quantitative estimate of drug-likeness (QED) is 0.899. The van der Waals surface area contributed by atoms with E-state index in [1.807, 2.05) is 12.1 Å². The minimum atomic E-state index is -0.0766. The zero-order valence-corrected chi connectivity index (χ0v) is 11.4. The van der Waals surface area contributed by atoms with E-state index < -0.39 is 0 Å². The number of hydrogen-bond acceptors (Lipinski definition) is 5. The van der Waals surface area contributed by atoms with Crippen molar-refractivity contribution in [3.05, 3.63) is 34.8 Å². The molecule has 0 aliphatic carbocycles. The maximum atomic E-state index is 5.91. The van der Waals surface area contributed by atoms with Crippen LogP contribution in [0.15, 0.2) is 24.3 Å². The summed E-state index contributed by atoms with van der Waals surface area (Å²) in [4.78, 5) is 0. The Bertz CT molecular complexity index is 495. The summed E-state index contributed by atoms with van der Waals surface area (Å²) in [7, 11) is 0. The lowest BCUT2D eigenvalue weighted by atomic mass is 10.2. The molecule has 1 aromatic carbocycles. The summed E-state index contributed by atoms with van der Waals surface area (Å²) in [5.41, 5.74) is 6.89. The maximum absolute atomic E-state index is 5.91. The number of rotatable bonds is 5. The van der Waals surface area contributed by atoms with E-state index >= 15 is 0 Å². The first-order valence-electron chi connectivity index (χ1n) is 6.07. The Balaban J connectivity index is 2.10. The Morgan fingerprint density at radius 1 is 1.22 bits per heavy atom. The summed E-state index contributed by atoms with van der Waals surface area (Å²) in [6, 6.07) is 8.14. The summed E-state index contributed by atoms with van der Waals surface area (Å²) >= 11 is 1.38. The highest BCUT2D eigenvalue weighted by Gasteiger charge is 2.16. The van der Waals surface area contributed by atoms with Crippen LogP contribution in [0.25, 0.3) is 0 Å². The van der Waals surface area contributed by atoms with Gasteiger partial charge in [-0.05, 0) is 30.5 Å². The Kier molecular flexibility index (Phi) is 4.15. The fourth-order valence-corrected chi connectivity index (χ4v) is 2.38. The number of nitrogens with zero attached hydrogens (tertiary/aromatic N) is 2. The van der Waals surface area contributed by atoms with Crippen molar-refractivity contribution >= 4 is 16.5 Å². The molecule has 2 aromatic rings. The number of aryl methyl sites for hydroxylation is 1. The summed E-state index contributed by atoms with van der Waals surface area (Å²) in [6.07, 6.45) is 1.79. The Labute approximate surface area is 111 Å². The molecule has 1 aromatic heterocycles. The molecule has 0 amide bonds. The second kappa shape index (κ2) is 5.82. The van der Waals surface area contributed by atoms with Crippen LogP contribution in [0.1, 0.15) is 36.9 Å². The molecule has 0 aliphatic rings. The highest BCUT2D eigenvalue weighted by atomic mass is 32.1. The average Bonchev–Trinajstić information content (AvgIpc) is 2.83. The molecule has 0 saturated carbocycles. The SMILES string of the molecule is CCc1ccc(OC(CC)c2nnc(N)s2)cc1. The Morgan fingerprint density at radius 2 is 1.94 bits per heavy atom. The number of aromatic nitrogens is 2. The molecule has 0 bridgehead atoms. The van der Waals surface area contributed by atoms with E-state index in [0.29, 0.717) is 5.13 Å².